The third kappa shape index (κ3) is 2.29. The SMILES string of the molecule is N#Cc1cccc(-n2cc(-c3cccc(F)c3)cn2)c1. The zero-order valence-electron chi connectivity index (χ0n) is 10.5. The molecule has 0 amide bonds. The molecule has 96 valence electrons. The van der Waals surface area contributed by atoms with Crippen LogP contribution in [0.4, 0.5) is 4.39 Å². The molecule has 0 saturated carbocycles. The molecule has 20 heavy (non-hydrogen) atoms. The van der Waals surface area contributed by atoms with Crippen molar-refractivity contribution in [2.45, 2.75) is 0 Å². The Morgan fingerprint density at radius 2 is 1.90 bits per heavy atom. The molecule has 1 aromatic heterocycles. The Kier molecular flexibility index (Phi) is 3.02. The van der Waals surface area contributed by atoms with E-state index in [0.29, 0.717) is 5.56 Å². The summed E-state index contributed by atoms with van der Waals surface area (Å²) in [4.78, 5) is 0. The van der Waals surface area contributed by atoms with Crippen molar-refractivity contribution in [2.24, 2.45) is 0 Å². The first-order valence-electron chi connectivity index (χ1n) is 6.07. The van der Waals surface area contributed by atoms with Gasteiger partial charge in [0.1, 0.15) is 5.82 Å². The average Bonchev–Trinajstić information content (AvgIpc) is 2.97. The van der Waals surface area contributed by atoms with Crippen molar-refractivity contribution in [2.75, 3.05) is 0 Å². The maximum absolute atomic E-state index is 13.2. The lowest BCUT2D eigenvalue weighted by atomic mass is 10.1. The Balaban J connectivity index is 2.00. The van der Waals surface area contributed by atoms with E-state index in [1.54, 1.807) is 35.1 Å². The molecule has 3 aromatic rings. The number of rotatable bonds is 2. The molecular formula is C16H10FN3. The average molecular weight is 263 g/mol. The topological polar surface area (TPSA) is 41.6 Å². The molecule has 0 saturated heterocycles. The fourth-order valence-electron chi connectivity index (χ4n) is 2.00. The molecule has 0 N–H and O–H groups in total. The van der Waals surface area contributed by atoms with Crippen molar-refractivity contribution in [1.82, 2.24) is 9.78 Å². The highest BCUT2D eigenvalue weighted by Crippen LogP contribution is 2.21. The van der Waals surface area contributed by atoms with Crippen molar-refractivity contribution < 1.29 is 4.39 Å². The smallest absolute Gasteiger partial charge is 0.123 e. The van der Waals surface area contributed by atoms with Crippen molar-refractivity contribution in [1.29, 1.82) is 5.26 Å². The van der Waals surface area contributed by atoms with Crippen LogP contribution in [-0.4, -0.2) is 9.78 Å². The molecule has 0 aliphatic carbocycles. The summed E-state index contributed by atoms with van der Waals surface area (Å²) in [5.74, 6) is -0.276. The van der Waals surface area contributed by atoms with Crippen molar-refractivity contribution in [3.05, 3.63) is 72.3 Å². The van der Waals surface area contributed by atoms with Crippen molar-refractivity contribution >= 4 is 0 Å². The largest absolute Gasteiger partial charge is 0.240 e. The quantitative estimate of drug-likeness (QED) is 0.709. The van der Waals surface area contributed by atoms with Gasteiger partial charge in [-0.3, -0.25) is 0 Å². The molecule has 0 atom stereocenters. The first-order valence-corrected chi connectivity index (χ1v) is 6.07. The molecule has 4 heteroatoms. The van der Waals surface area contributed by atoms with Crippen LogP contribution >= 0.6 is 0 Å². The molecule has 2 aromatic carbocycles. The highest BCUT2D eigenvalue weighted by molar-refractivity contribution is 5.62. The van der Waals surface area contributed by atoms with E-state index in [9.17, 15) is 4.39 Å². The molecule has 0 bridgehead atoms. The van der Waals surface area contributed by atoms with Gasteiger partial charge in [0.25, 0.3) is 0 Å². The summed E-state index contributed by atoms with van der Waals surface area (Å²) in [7, 11) is 0. The third-order valence-corrected chi connectivity index (χ3v) is 2.98. The summed E-state index contributed by atoms with van der Waals surface area (Å²) in [5.41, 5.74) is 2.97. The summed E-state index contributed by atoms with van der Waals surface area (Å²) in [5, 5.41) is 13.2. The molecule has 3 nitrogen and oxygen atoms in total. The van der Waals surface area contributed by atoms with Crippen LogP contribution in [0.5, 0.6) is 0 Å². The van der Waals surface area contributed by atoms with Gasteiger partial charge in [0.05, 0.1) is 23.5 Å². The minimum atomic E-state index is -0.276. The normalized spacial score (nSPS) is 10.2. The van der Waals surface area contributed by atoms with E-state index in [1.165, 1.54) is 12.1 Å². The Morgan fingerprint density at radius 1 is 1.05 bits per heavy atom. The van der Waals surface area contributed by atoms with Gasteiger partial charge in [0, 0.05) is 11.8 Å². The fourth-order valence-corrected chi connectivity index (χ4v) is 2.00. The molecule has 1 heterocycles. The standard InChI is InChI=1S/C16H10FN3/c17-15-5-2-4-13(8-15)14-10-19-20(11-14)16-6-1-3-12(7-16)9-18/h1-8,10-11H. The summed E-state index contributed by atoms with van der Waals surface area (Å²) in [6.07, 6.45) is 3.49. The van der Waals surface area contributed by atoms with Gasteiger partial charge in [-0.25, -0.2) is 9.07 Å². The number of nitriles is 1. The predicted octanol–water partition coefficient (Wildman–Crippen LogP) is 3.55. The Morgan fingerprint density at radius 3 is 2.70 bits per heavy atom. The Bertz CT molecular complexity index is 799. The second kappa shape index (κ2) is 4.98. The van der Waals surface area contributed by atoms with E-state index in [1.807, 2.05) is 18.3 Å². The van der Waals surface area contributed by atoms with Crippen LogP contribution in [0.3, 0.4) is 0 Å². The zero-order chi connectivity index (χ0) is 13.9. The van der Waals surface area contributed by atoms with Crippen LogP contribution in [-0.2, 0) is 0 Å². The Labute approximate surface area is 115 Å². The lowest BCUT2D eigenvalue weighted by Gasteiger charge is -2.01. The monoisotopic (exact) mass is 263 g/mol. The van der Waals surface area contributed by atoms with Crippen LogP contribution in [0.25, 0.3) is 16.8 Å². The van der Waals surface area contributed by atoms with Gasteiger partial charge in [0.15, 0.2) is 0 Å². The van der Waals surface area contributed by atoms with E-state index >= 15 is 0 Å². The molecule has 0 aliphatic rings. The summed E-state index contributed by atoms with van der Waals surface area (Å²) in [6.45, 7) is 0. The second-order valence-corrected chi connectivity index (χ2v) is 4.35. The molecule has 0 unspecified atom stereocenters. The maximum atomic E-state index is 13.2. The number of hydrogen-bond acceptors (Lipinski definition) is 2. The van der Waals surface area contributed by atoms with Crippen LogP contribution in [0.1, 0.15) is 5.56 Å². The van der Waals surface area contributed by atoms with Crippen molar-refractivity contribution in [3.63, 3.8) is 0 Å². The molecule has 0 spiro atoms. The van der Waals surface area contributed by atoms with Gasteiger partial charge in [-0.1, -0.05) is 18.2 Å². The number of nitrogens with zero attached hydrogens (tertiary/aromatic N) is 3. The number of halogens is 1. The van der Waals surface area contributed by atoms with E-state index in [0.717, 1.165) is 16.8 Å². The molecule has 0 radical (unpaired) electrons. The van der Waals surface area contributed by atoms with Crippen LogP contribution in [0.2, 0.25) is 0 Å². The number of aromatic nitrogens is 2. The fraction of sp³-hybridized carbons (Fsp3) is 0. The molecule has 0 aliphatic heterocycles. The number of hydrogen-bond donors (Lipinski definition) is 0. The van der Waals surface area contributed by atoms with E-state index in [2.05, 4.69) is 11.2 Å². The number of benzene rings is 2. The second-order valence-electron chi connectivity index (χ2n) is 4.35. The highest BCUT2D eigenvalue weighted by Gasteiger charge is 2.05. The Hall–Kier alpha value is -2.93. The van der Waals surface area contributed by atoms with Gasteiger partial charge >= 0.3 is 0 Å². The van der Waals surface area contributed by atoms with E-state index < -0.39 is 0 Å². The van der Waals surface area contributed by atoms with Gasteiger partial charge in [0.2, 0.25) is 0 Å². The van der Waals surface area contributed by atoms with Crippen LogP contribution < -0.4 is 0 Å². The molecular weight excluding hydrogens is 253 g/mol. The lowest BCUT2D eigenvalue weighted by Crippen LogP contribution is -1.94. The predicted molar refractivity (Wildman–Crippen MR) is 73.7 cm³/mol. The molecule has 0 fully saturated rings. The molecule has 3 rings (SSSR count). The van der Waals surface area contributed by atoms with Gasteiger partial charge < -0.3 is 0 Å². The summed E-state index contributed by atoms with van der Waals surface area (Å²) < 4.78 is 14.9. The minimum absolute atomic E-state index is 0.276. The summed E-state index contributed by atoms with van der Waals surface area (Å²) in [6, 6.07) is 15.6. The van der Waals surface area contributed by atoms with Crippen LogP contribution in [0.15, 0.2) is 60.9 Å². The van der Waals surface area contributed by atoms with Crippen molar-refractivity contribution in [3.8, 4) is 22.9 Å². The highest BCUT2D eigenvalue weighted by atomic mass is 19.1. The minimum Gasteiger partial charge on any atom is -0.240 e. The van der Waals surface area contributed by atoms with E-state index in [4.69, 9.17) is 5.26 Å². The van der Waals surface area contributed by atoms with Gasteiger partial charge in [-0.05, 0) is 35.9 Å². The van der Waals surface area contributed by atoms with Crippen LogP contribution in [0, 0.1) is 17.1 Å². The maximum Gasteiger partial charge on any atom is 0.123 e. The zero-order valence-corrected chi connectivity index (χ0v) is 10.5. The van der Waals surface area contributed by atoms with E-state index in [-0.39, 0.29) is 5.82 Å². The lowest BCUT2D eigenvalue weighted by molar-refractivity contribution is 0.628. The van der Waals surface area contributed by atoms with Gasteiger partial charge in [-0.2, -0.15) is 10.4 Å². The first kappa shape index (κ1) is 12.1. The van der Waals surface area contributed by atoms with Gasteiger partial charge in [-0.15, -0.1) is 0 Å². The third-order valence-electron chi connectivity index (χ3n) is 2.98. The summed E-state index contributed by atoms with van der Waals surface area (Å²) >= 11 is 0. The first-order chi connectivity index (χ1) is 9.76.